The molecule has 1 spiro atoms. The van der Waals surface area contributed by atoms with Gasteiger partial charge in [-0.05, 0) is 46.9 Å². The summed E-state index contributed by atoms with van der Waals surface area (Å²) < 4.78 is 2.37. The van der Waals surface area contributed by atoms with Gasteiger partial charge >= 0.3 is 0 Å². The average Bonchev–Trinajstić information content (AvgIpc) is 3.52. The second kappa shape index (κ2) is 8.62. The van der Waals surface area contributed by atoms with Crippen LogP contribution in [0.3, 0.4) is 0 Å². The summed E-state index contributed by atoms with van der Waals surface area (Å²) in [5.74, 6) is 0.742. The van der Waals surface area contributed by atoms with E-state index in [1.807, 2.05) is 0 Å². The molecule has 196 valence electrons. The van der Waals surface area contributed by atoms with Gasteiger partial charge in [-0.15, -0.1) is 0 Å². The molecule has 0 saturated heterocycles. The van der Waals surface area contributed by atoms with Crippen LogP contribution in [0.4, 0.5) is 0 Å². The Morgan fingerprint density at radius 1 is 0.561 bits per heavy atom. The number of benzene rings is 5. The summed E-state index contributed by atoms with van der Waals surface area (Å²) in [6, 6.07) is 41.6. The van der Waals surface area contributed by atoms with Gasteiger partial charge in [-0.3, -0.25) is 4.57 Å². The van der Waals surface area contributed by atoms with Crippen molar-refractivity contribution in [3.05, 3.63) is 126 Å². The van der Waals surface area contributed by atoms with Gasteiger partial charge in [0.1, 0.15) is 0 Å². The van der Waals surface area contributed by atoms with Crippen molar-refractivity contribution in [2.24, 2.45) is 0 Å². The van der Waals surface area contributed by atoms with Crippen LogP contribution < -0.4 is 0 Å². The van der Waals surface area contributed by atoms with E-state index in [-0.39, 0.29) is 5.41 Å². The van der Waals surface area contributed by atoms with Crippen LogP contribution >= 0.6 is 0 Å². The fraction of sp³-hybridized carbons (Fsp3) is 0.158. The molecule has 0 atom stereocenters. The van der Waals surface area contributed by atoms with Crippen LogP contribution in [0, 0.1) is 0 Å². The lowest BCUT2D eigenvalue weighted by Crippen LogP contribution is -2.27. The van der Waals surface area contributed by atoms with Crippen LogP contribution in [-0.4, -0.2) is 14.5 Å². The monoisotopic (exact) mass is 527 g/mol. The van der Waals surface area contributed by atoms with E-state index in [2.05, 4.69) is 120 Å². The maximum atomic E-state index is 5.45. The van der Waals surface area contributed by atoms with Crippen molar-refractivity contribution in [2.75, 3.05) is 0 Å². The van der Waals surface area contributed by atoms with E-state index in [0.29, 0.717) is 0 Å². The van der Waals surface area contributed by atoms with E-state index >= 15 is 0 Å². The number of hydrogen-bond donors (Lipinski definition) is 0. The van der Waals surface area contributed by atoms with E-state index in [1.54, 1.807) is 0 Å². The largest absolute Gasteiger partial charge is 0.278 e. The van der Waals surface area contributed by atoms with Crippen molar-refractivity contribution in [3.8, 4) is 28.5 Å². The fourth-order valence-electron chi connectivity index (χ4n) is 7.90. The third kappa shape index (κ3) is 3.15. The molecule has 2 heterocycles. The fourth-order valence-corrected chi connectivity index (χ4v) is 7.90. The van der Waals surface area contributed by atoms with Gasteiger partial charge in [-0.1, -0.05) is 122 Å². The van der Waals surface area contributed by atoms with E-state index in [1.165, 1.54) is 76.2 Å². The number of aromatic nitrogens is 3. The van der Waals surface area contributed by atoms with Crippen molar-refractivity contribution in [2.45, 2.75) is 37.5 Å². The van der Waals surface area contributed by atoms with Gasteiger partial charge in [0.15, 0.2) is 0 Å². The zero-order valence-electron chi connectivity index (χ0n) is 22.8. The minimum absolute atomic E-state index is 0.0599. The maximum absolute atomic E-state index is 5.45. The van der Waals surface area contributed by atoms with Crippen LogP contribution in [0.25, 0.3) is 61.0 Å². The first kappa shape index (κ1) is 23.0. The quantitative estimate of drug-likeness (QED) is 0.224. The molecular weight excluding hydrogens is 498 g/mol. The van der Waals surface area contributed by atoms with Crippen molar-refractivity contribution < 1.29 is 0 Å². The molecule has 0 aliphatic heterocycles. The van der Waals surface area contributed by atoms with Gasteiger partial charge in [0.05, 0.1) is 22.4 Å². The Balaban J connectivity index is 1.41. The Hall–Kier alpha value is -4.76. The molecular formula is C38H29N3. The van der Waals surface area contributed by atoms with E-state index < -0.39 is 0 Å². The summed E-state index contributed by atoms with van der Waals surface area (Å²) in [6.07, 6.45) is 6.26. The first-order valence-electron chi connectivity index (χ1n) is 14.8. The average molecular weight is 528 g/mol. The van der Waals surface area contributed by atoms with Crippen LogP contribution in [0.5, 0.6) is 0 Å². The van der Waals surface area contributed by atoms with Gasteiger partial charge in [0.2, 0.25) is 5.95 Å². The van der Waals surface area contributed by atoms with Crippen molar-refractivity contribution in [1.29, 1.82) is 0 Å². The van der Waals surface area contributed by atoms with Crippen molar-refractivity contribution in [3.63, 3.8) is 0 Å². The topological polar surface area (TPSA) is 30.7 Å². The number of para-hydroxylation sites is 2. The predicted octanol–water partition coefficient (Wildman–Crippen LogP) is 9.62. The Bertz CT molecular complexity index is 2140. The number of rotatable bonds is 2. The van der Waals surface area contributed by atoms with Crippen LogP contribution in [0.1, 0.15) is 43.2 Å². The van der Waals surface area contributed by atoms with Gasteiger partial charge in [0.25, 0.3) is 0 Å². The summed E-state index contributed by atoms with van der Waals surface area (Å²) in [5, 5.41) is 4.84. The standard InChI is InChI=1S/C38H29N3/c1-10-23-38(24-11-1)31-20-7-4-16-28(31)36-34(38)30-18-6-9-22-33(30)41(36)37-39-32-21-8-5-17-29(32)35(40-37)27-19-12-14-25-13-2-3-15-26(25)27/h2-9,12-22H,1,10-11,23-24H2. The molecule has 0 unspecified atom stereocenters. The van der Waals surface area contributed by atoms with Gasteiger partial charge in [-0.2, -0.15) is 0 Å². The zero-order valence-corrected chi connectivity index (χ0v) is 22.8. The maximum Gasteiger partial charge on any atom is 0.235 e. The molecule has 41 heavy (non-hydrogen) atoms. The van der Waals surface area contributed by atoms with Crippen molar-refractivity contribution in [1.82, 2.24) is 14.5 Å². The minimum Gasteiger partial charge on any atom is -0.278 e. The summed E-state index contributed by atoms with van der Waals surface area (Å²) in [7, 11) is 0. The van der Waals surface area contributed by atoms with Gasteiger partial charge in [0, 0.05) is 27.3 Å². The molecule has 2 aromatic heterocycles. The first-order chi connectivity index (χ1) is 20.3. The summed E-state index contributed by atoms with van der Waals surface area (Å²) >= 11 is 0. The lowest BCUT2D eigenvalue weighted by Gasteiger charge is -2.35. The third-order valence-corrected chi connectivity index (χ3v) is 9.59. The van der Waals surface area contributed by atoms with Crippen LogP contribution in [0.15, 0.2) is 115 Å². The second-order valence-electron chi connectivity index (χ2n) is 11.7. The molecule has 0 bridgehead atoms. The predicted molar refractivity (Wildman–Crippen MR) is 169 cm³/mol. The summed E-state index contributed by atoms with van der Waals surface area (Å²) in [6.45, 7) is 0. The highest BCUT2D eigenvalue weighted by molar-refractivity contribution is 6.04. The number of fused-ring (bicyclic) bond motifs is 9. The lowest BCUT2D eigenvalue weighted by atomic mass is 9.67. The van der Waals surface area contributed by atoms with Crippen molar-refractivity contribution >= 4 is 32.6 Å². The van der Waals surface area contributed by atoms with Gasteiger partial charge in [-0.25, -0.2) is 9.97 Å². The third-order valence-electron chi connectivity index (χ3n) is 9.59. The number of hydrogen-bond acceptors (Lipinski definition) is 2. The molecule has 3 heteroatoms. The molecule has 0 amide bonds. The molecule has 1 fully saturated rings. The van der Waals surface area contributed by atoms with E-state index in [4.69, 9.17) is 9.97 Å². The first-order valence-corrected chi connectivity index (χ1v) is 14.8. The Morgan fingerprint density at radius 3 is 2.15 bits per heavy atom. The summed E-state index contributed by atoms with van der Waals surface area (Å²) in [4.78, 5) is 10.7. The van der Waals surface area contributed by atoms with Crippen LogP contribution in [-0.2, 0) is 5.41 Å². The van der Waals surface area contributed by atoms with E-state index in [0.717, 1.165) is 28.1 Å². The highest BCUT2D eigenvalue weighted by Gasteiger charge is 2.47. The Kier molecular flexibility index (Phi) is 4.83. The SMILES string of the molecule is c1ccc2c(c1)-c1c(c3ccccc3n1-c1nc(-c3cccc4ccccc34)c3ccccc3n1)C21CCCCC1. The molecule has 2 aliphatic carbocycles. The normalized spacial score (nSPS) is 15.5. The van der Waals surface area contributed by atoms with E-state index in [9.17, 15) is 0 Å². The number of nitrogens with zero attached hydrogens (tertiary/aromatic N) is 3. The Labute approximate surface area is 239 Å². The minimum atomic E-state index is 0.0599. The molecule has 0 N–H and O–H groups in total. The highest BCUT2D eigenvalue weighted by atomic mass is 15.2. The molecule has 0 radical (unpaired) electrons. The lowest BCUT2D eigenvalue weighted by molar-refractivity contribution is 0.355. The molecule has 9 rings (SSSR count). The Morgan fingerprint density at radius 2 is 1.24 bits per heavy atom. The molecule has 5 aromatic carbocycles. The molecule has 3 nitrogen and oxygen atoms in total. The van der Waals surface area contributed by atoms with Gasteiger partial charge < -0.3 is 0 Å². The molecule has 2 aliphatic rings. The second-order valence-corrected chi connectivity index (χ2v) is 11.7. The highest BCUT2D eigenvalue weighted by Crippen LogP contribution is 2.59. The molecule has 1 saturated carbocycles. The van der Waals surface area contributed by atoms with Crippen LogP contribution in [0.2, 0.25) is 0 Å². The summed E-state index contributed by atoms with van der Waals surface area (Å²) in [5.41, 5.74) is 9.92. The zero-order chi connectivity index (χ0) is 27.0. The smallest absolute Gasteiger partial charge is 0.235 e. The molecule has 7 aromatic rings.